The Morgan fingerprint density at radius 3 is 2.74 bits per heavy atom. The fourth-order valence-electron chi connectivity index (χ4n) is 3.43. The second-order valence-electron chi connectivity index (χ2n) is 6.20. The summed E-state index contributed by atoms with van der Waals surface area (Å²) in [5.41, 5.74) is 0.571. The van der Waals surface area contributed by atoms with Crippen molar-refractivity contribution in [3.63, 3.8) is 0 Å². The van der Waals surface area contributed by atoms with Crippen LogP contribution in [0.5, 0.6) is 5.75 Å². The second-order valence-corrected chi connectivity index (χ2v) is 6.64. The van der Waals surface area contributed by atoms with Gasteiger partial charge in [-0.2, -0.15) is 0 Å². The summed E-state index contributed by atoms with van der Waals surface area (Å²) in [5, 5.41) is 3.61. The number of hydrogen-bond acceptors (Lipinski definition) is 4. The minimum absolute atomic E-state index is 0.0885. The molecule has 0 aromatic heterocycles. The number of halogens is 1. The van der Waals surface area contributed by atoms with Crippen molar-refractivity contribution in [2.75, 3.05) is 40.0 Å². The monoisotopic (exact) mass is 338 g/mol. The summed E-state index contributed by atoms with van der Waals surface area (Å²) < 4.78 is 10.7. The predicted molar refractivity (Wildman–Crippen MR) is 89.3 cm³/mol. The average Bonchev–Trinajstić information content (AvgIpc) is 2.54. The van der Waals surface area contributed by atoms with E-state index in [4.69, 9.17) is 21.1 Å². The van der Waals surface area contributed by atoms with Crippen molar-refractivity contribution in [3.05, 3.63) is 28.8 Å². The number of nitrogens with one attached hydrogen (secondary N) is 1. The number of methoxy groups -OCH3 is 1. The highest BCUT2D eigenvalue weighted by atomic mass is 35.5. The van der Waals surface area contributed by atoms with E-state index < -0.39 is 0 Å². The summed E-state index contributed by atoms with van der Waals surface area (Å²) in [7, 11) is 1.56. The Bertz CT molecular complexity index is 569. The second kappa shape index (κ2) is 7.07. The lowest BCUT2D eigenvalue weighted by Gasteiger charge is -2.51. The first-order chi connectivity index (χ1) is 11.1. The van der Waals surface area contributed by atoms with Crippen LogP contribution in [0.15, 0.2) is 18.2 Å². The lowest BCUT2D eigenvalue weighted by atomic mass is 9.75. The van der Waals surface area contributed by atoms with Crippen molar-refractivity contribution in [2.24, 2.45) is 0 Å². The molecule has 0 atom stereocenters. The molecule has 1 amide bonds. The number of nitrogens with zero attached hydrogens (tertiary/aromatic N) is 1. The molecular formula is C17H23ClN2O3. The smallest absolute Gasteiger partial charge is 0.255 e. The first kappa shape index (κ1) is 16.6. The summed E-state index contributed by atoms with van der Waals surface area (Å²) in [6.45, 7) is 4.09. The number of rotatable bonds is 5. The van der Waals surface area contributed by atoms with E-state index in [1.807, 2.05) is 0 Å². The Labute approximate surface area is 141 Å². The van der Waals surface area contributed by atoms with E-state index in [1.165, 1.54) is 6.42 Å². The predicted octanol–water partition coefficient (Wildman–Crippen LogP) is 2.33. The van der Waals surface area contributed by atoms with Crippen molar-refractivity contribution >= 4 is 17.5 Å². The van der Waals surface area contributed by atoms with Gasteiger partial charge in [0.25, 0.3) is 5.91 Å². The first-order valence-electron chi connectivity index (χ1n) is 8.09. The number of carbonyl (C=O) groups excluding carboxylic acids is 1. The molecule has 0 unspecified atom stereocenters. The van der Waals surface area contributed by atoms with E-state index in [-0.39, 0.29) is 11.4 Å². The average molecular weight is 339 g/mol. The number of hydrogen-bond donors (Lipinski definition) is 1. The third-order valence-electron chi connectivity index (χ3n) is 4.95. The number of benzene rings is 1. The SMILES string of the molecule is COc1ccc(Cl)cc1C(=O)NCC1(N2CCOCC2)CCC1. The molecule has 2 aliphatic rings. The van der Waals surface area contributed by atoms with Gasteiger partial charge in [-0.05, 0) is 37.5 Å². The standard InChI is InChI=1S/C17H23ClN2O3/c1-22-15-4-3-13(18)11-14(15)16(21)19-12-17(5-2-6-17)20-7-9-23-10-8-20/h3-4,11H,2,5-10,12H2,1H3,(H,19,21). The van der Waals surface area contributed by atoms with Gasteiger partial charge in [-0.1, -0.05) is 11.6 Å². The molecular weight excluding hydrogens is 316 g/mol. The van der Waals surface area contributed by atoms with E-state index >= 15 is 0 Å². The van der Waals surface area contributed by atoms with Gasteiger partial charge >= 0.3 is 0 Å². The van der Waals surface area contributed by atoms with Crippen molar-refractivity contribution in [2.45, 2.75) is 24.8 Å². The van der Waals surface area contributed by atoms with Gasteiger partial charge in [-0.3, -0.25) is 9.69 Å². The van der Waals surface area contributed by atoms with Gasteiger partial charge in [0, 0.05) is 30.2 Å². The minimum Gasteiger partial charge on any atom is -0.496 e. The number of carbonyl (C=O) groups is 1. The summed E-state index contributed by atoms with van der Waals surface area (Å²) in [6.07, 6.45) is 3.47. The van der Waals surface area contributed by atoms with Gasteiger partial charge in [0.15, 0.2) is 0 Å². The maximum absolute atomic E-state index is 12.6. The summed E-state index contributed by atoms with van der Waals surface area (Å²) in [4.78, 5) is 15.0. The molecule has 1 aliphatic carbocycles. The number of amides is 1. The van der Waals surface area contributed by atoms with Gasteiger partial charge < -0.3 is 14.8 Å². The van der Waals surface area contributed by atoms with Gasteiger partial charge in [0.05, 0.1) is 25.9 Å². The lowest BCUT2D eigenvalue weighted by molar-refractivity contribution is -0.0540. The molecule has 1 aliphatic heterocycles. The fourth-order valence-corrected chi connectivity index (χ4v) is 3.60. The quantitative estimate of drug-likeness (QED) is 0.895. The third kappa shape index (κ3) is 3.47. The Morgan fingerprint density at radius 1 is 1.39 bits per heavy atom. The highest BCUT2D eigenvalue weighted by Crippen LogP contribution is 2.37. The lowest BCUT2D eigenvalue weighted by Crippen LogP contribution is -2.62. The Morgan fingerprint density at radius 2 is 2.13 bits per heavy atom. The molecule has 1 aromatic carbocycles. The van der Waals surface area contributed by atoms with Crippen molar-refractivity contribution in [1.29, 1.82) is 0 Å². The molecule has 0 radical (unpaired) electrons. The molecule has 5 nitrogen and oxygen atoms in total. The molecule has 2 fully saturated rings. The fraction of sp³-hybridized carbons (Fsp3) is 0.588. The normalized spacial score (nSPS) is 20.6. The van der Waals surface area contributed by atoms with Crippen LogP contribution >= 0.6 is 11.6 Å². The molecule has 1 aromatic rings. The molecule has 0 spiro atoms. The molecule has 1 saturated heterocycles. The molecule has 6 heteroatoms. The van der Waals surface area contributed by atoms with Gasteiger partial charge in [0.1, 0.15) is 5.75 Å². The van der Waals surface area contributed by atoms with E-state index in [9.17, 15) is 4.79 Å². The Hall–Kier alpha value is -1.30. The van der Waals surface area contributed by atoms with Crippen LogP contribution in [-0.2, 0) is 4.74 Å². The van der Waals surface area contributed by atoms with Crippen LogP contribution in [0, 0.1) is 0 Å². The van der Waals surface area contributed by atoms with Crippen LogP contribution in [0.1, 0.15) is 29.6 Å². The van der Waals surface area contributed by atoms with E-state index in [0.717, 1.165) is 39.1 Å². The zero-order chi connectivity index (χ0) is 16.3. The molecule has 0 bridgehead atoms. The van der Waals surface area contributed by atoms with Crippen LogP contribution in [0.3, 0.4) is 0 Å². The number of morpholine rings is 1. The molecule has 1 saturated carbocycles. The van der Waals surface area contributed by atoms with Crippen molar-refractivity contribution < 1.29 is 14.3 Å². The van der Waals surface area contributed by atoms with Crippen LogP contribution in [-0.4, -0.2) is 56.3 Å². The summed E-state index contributed by atoms with van der Waals surface area (Å²) >= 11 is 6.01. The maximum Gasteiger partial charge on any atom is 0.255 e. The van der Waals surface area contributed by atoms with E-state index in [0.29, 0.717) is 22.9 Å². The molecule has 1 N–H and O–H groups in total. The molecule has 126 valence electrons. The Balaban J connectivity index is 1.67. The van der Waals surface area contributed by atoms with Crippen molar-refractivity contribution in [3.8, 4) is 5.75 Å². The highest BCUT2D eigenvalue weighted by molar-refractivity contribution is 6.31. The Kier molecular flexibility index (Phi) is 5.09. The van der Waals surface area contributed by atoms with Gasteiger partial charge in [-0.15, -0.1) is 0 Å². The third-order valence-corrected chi connectivity index (χ3v) is 5.19. The van der Waals surface area contributed by atoms with E-state index in [2.05, 4.69) is 10.2 Å². The molecule has 1 heterocycles. The molecule has 23 heavy (non-hydrogen) atoms. The maximum atomic E-state index is 12.6. The summed E-state index contributed by atoms with van der Waals surface area (Å²) in [5.74, 6) is 0.407. The van der Waals surface area contributed by atoms with Crippen LogP contribution in [0.25, 0.3) is 0 Å². The summed E-state index contributed by atoms with van der Waals surface area (Å²) in [6, 6.07) is 5.09. The zero-order valence-corrected chi connectivity index (χ0v) is 14.2. The number of ether oxygens (including phenoxy) is 2. The van der Waals surface area contributed by atoms with Crippen molar-refractivity contribution in [1.82, 2.24) is 10.2 Å². The first-order valence-corrected chi connectivity index (χ1v) is 8.47. The van der Waals surface area contributed by atoms with E-state index in [1.54, 1.807) is 25.3 Å². The van der Waals surface area contributed by atoms with Crippen LogP contribution in [0.4, 0.5) is 0 Å². The minimum atomic E-state index is -0.135. The largest absolute Gasteiger partial charge is 0.496 e. The van der Waals surface area contributed by atoms with Crippen LogP contribution < -0.4 is 10.1 Å². The van der Waals surface area contributed by atoms with Crippen LogP contribution in [0.2, 0.25) is 5.02 Å². The van der Waals surface area contributed by atoms with Gasteiger partial charge in [-0.25, -0.2) is 0 Å². The topological polar surface area (TPSA) is 50.8 Å². The zero-order valence-electron chi connectivity index (χ0n) is 13.4. The molecule has 3 rings (SSSR count). The highest BCUT2D eigenvalue weighted by Gasteiger charge is 2.43. The van der Waals surface area contributed by atoms with Gasteiger partial charge in [0.2, 0.25) is 0 Å².